The van der Waals surface area contributed by atoms with Crippen molar-refractivity contribution in [3.05, 3.63) is 70.2 Å². The zero-order chi connectivity index (χ0) is 22.1. The van der Waals surface area contributed by atoms with E-state index >= 15 is 0 Å². The summed E-state index contributed by atoms with van der Waals surface area (Å²) < 4.78 is 12.0. The highest BCUT2D eigenvalue weighted by molar-refractivity contribution is 6.31. The molecule has 0 radical (unpaired) electrons. The fraction of sp³-hybridized carbons (Fsp3) is 0.360. The number of aliphatic hydroxyl groups is 1. The zero-order valence-electron chi connectivity index (χ0n) is 17.2. The summed E-state index contributed by atoms with van der Waals surface area (Å²) in [5.74, 6) is 2.07. The van der Waals surface area contributed by atoms with Crippen molar-refractivity contribution in [3.8, 4) is 17.1 Å². The molecule has 7 rings (SSSR count). The molecule has 1 aliphatic heterocycles. The zero-order valence-corrected chi connectivity index (χ0v) is 18.7. The molecule has 7 heteroatoms. The van der Waals surface area contributed by atoms with Crippen LogP contribution in [-0.4, -0.2) is 22.0 Å². The predicted molar refractivity (Wildman–Crippen MR) is 120 cm³/mol. The molecule has 1 N–H and O–H groups in total. The normalized spacial score (nSPS) is 30.0. The van der Waals surface area contributed by atoms with Crippen LogP contribution in [0.2, 0.25) is 10.0 Å². The van der Waals surface area contributed by atoms with E-state index in [1.54, 1.807) is 24.4 Å². The summed E-state index contributed by atoms with van der Waals surface area (Å²) in [6.07, 6.45) is 3.80. The number of oxazole rings is 1. The van der Waals surface area contributed by atoms with Gasteiger partial charge >= 0.3 is 0 Å². The van der Waals surface area contributed by atoms with Gasteiger partial charge in [-0.1, -0.05) is 23.2 Å². The van der Waals surface area contributed by atoms with E-state index in [1.165, 1.54) is 0 Å². The third-order valence-electron chi connectivity index (χ3n) is 7.17. The molecule has 2 heterocycles. The summed E-state index contributed by atoms with van der Waals surface area (Å²) in [4.78, 5) is 17.5. The Morgan fingerprint density at radius 3 is 2.56 bits per heavy atom. The molecule has 5 nitrogen and oxygen atoms in total. The molecule has 0 spiro atoms. The first-order valence-electron chi connectivity index (χ1n) is 10.7. The number of ether oxygens (including phenoxy) is 1. The molecule has 2 bridgehead atoms. The van der Waals surface area contributed by atoms with Gasteiger partial charge in [0.1, 0.15) is 5.75 Å². The third-order valence-corrected chi connectivity index (χ3v) is 7.66. The molecule has 3 aromatic rings. The van der Waals surface area contributed by atoms with E-state index < -0.39 is 12.2 Å². The molecule has 32 heavy (non-hydrogen) atoms. The van der Waals surface area contributed by atoms with Gasteiger partial charge in [-0.05, 0) is 67.1 Å². The Labute approximate surface area is 195 Å². The summed E-state index contributed by atoms with van der Waals surface area (Å²) in [6.45, 7) is 0. The van der Waals surface area contributed by atoms with Gasteiger partial charge in [-0.2, -0.15) is 0 Å². The lowest BCUT2D eigenvalue weighted by molar-refractivity contribution is -0.171. The monoisotopic (exact) mass is 469 g/mol. The fourth-order valence-electron chi connectivity index (χ4n) is 5.78. The number of ketones is 1. The highest BCUT2D eigenvalue weighted by atomic mass is 35.5. The maximum atomic E-state index is 13.0. The van der Waals surface area contributed by atoms with Crippen molar-refractivity contribution in [1.29, 1.82) is 0 Å². The number of nitrogens with zero attached hydrogens (tertiary/aromatic N) is 1. The smallest absolute Gasteiger partial charge is 0.201 e. The number of carbonyl (C=O) groups is 1. The van der Waals surface area contributed by atoms with Gasteiger partial charge in [0.15, 0.2) is 17.6 Å². The molecular weight excluding hydrogens is 449 g/mol. The average molecular weight is 470 g/mol. The molecule has 0 saturated heterocycles. The number of carbonyl (C=O) groups excluding carboxylic acids is 1. The topological polar surface area (TPSA) is 72.6 Å². The molecule has 3 saturated carbocycles. The van der Waals surface area contributed by atoms with Crippen LogP contribution in [0.1, 0.15) is 49.7 Å². The Morgan fingerprint density at radius 2 is 1.81 bits per heavy atom. The predicted octanol–water partition coefficient (Wildman–Crippen LogP) is 5.91. The van der Waals surface area contributed by atoms with Gasteiger partial charge in [0.25, 0.3) is 0 Å². The van der Waals surface area contributed by atoms with Crippen LogP contribution in [0.15, 0.2) is 53.1 Å². The van der Waals surface area contributed by atoms with Crippen molar-refractivity contribution in [2.45, 2.75) is 49.7 Å². The van der Waals surface area contributed by atoms with E-state index in [1.807, 2.05) is 24.3 Å². The Balaban J connectivity index is 1.10. The highest BCUT2D eigenvalue weighted by Crippen LogP contribution is 2.75. The van der Waals surface area contributed by atoms with E-state index in [0.717, 1.165) is 36.5 Å². The largest absolute Gasteiger partial charge is 0.482 e. The number of fused-ring (bicyclic) bond motifs is 1. The van der Waals surface area contributed by atoms with Gasteiger partial charge in [-0.3, -0.25) is 4.79 Å². The minimum atomic E-state index is -0.746. The number of hydrogen-bond acceptors (Lipinski definition) is 5. The molecule has 2 atom stereocenters. The van der Waals surface area contributed by atoms with Crippen LogP contribution in [0.5, 0.6) is 5.75 Å². The van der Waals surface area contributed by atoms with Crippen LogP contribution < -0.4 is 4.74 Å². The van der Waals surface area contributed by atoms with Crippen LogP contribution in [0.25, 0.3) is 11.3 Å². The van der Waals surface area contributed by atoms with Gasteiger partial charge in [0.2, 0.25) is 5.89 Å². The molecular formula is C25H21Cl2NO4. The first-order chi connectivity index (χ1) is 15.3. The van der Waals surface area contributed by atoms with Crippen LogP contribution in [-0.2, 0) is 10.2 Å². The SMILES string of the molecule is O=C(CC12CC(c3ncc(-c4ccc(Cl)cc4)o3)(C1)C2)[C@@H]1C[C@@H](O)c2cc(Cl)ccc2O1. The number of hydrogen-bond donors (Lipinski definition) is 1. The van der Waals surface area contributed by atoms with Crippen LogP contribution >= 0.6 is 23.2 Å². The molecule has 3 aliphatic carbocycles. The maximum absolute atomic E-state index is 13.0. The minimum Gasteiger partial charge on any atom is -0.482 e. The fourth-order valence-corrected chi connectivity index (χ4v) is 6.08. The summed E-state index contributed by atoms with van der Waals surface area (Å²) in [5.41, 5.74) is 1.53. The first kappa shape index (κ1) is 20.3. The quantitative estimate of drug-likeness (QED) is 0.502. The maximum Gasteiger partial charge on any atom is 0.201 e. The minimum absolute atomic E-state index is 0.000570. The Morgan fingerprint density at radius 1 is 1.09 bits per heavy atom. The first-order valence-corrected chi connectivity index (χ1v) is 11.5. The van der Waals surface area contributed by atoms with Crippen molar-refractivity contribution in [2.75, 3.05) is 0 Å². The Kier molecular flexibility index (Phi) is 4.49. The number of Topliss-reactive ketones (excluding diaryl/α,β-unsaturated/α-hetero) is 1. The molecule has 0 amide bonds. The molecule has 3 fully saturated rings. The molecule has 2 aromatic carbocycles. The lowest BCUT2D eigenvalue weighted by Gasteiger charge is -2.69. The van der Waals surface area contributed by atoms with E-state index in [9.17, 15) is 9.90 Å². The molecule has 0 unspecified atom stereocenters. The second-order valence-corrected chi connectivity index (χ2v) is 10.4. The van der Waals surface area contributed by atoms with E-state index in [0.29, 0.717) is 27.8 Å². The van der Waals surface area contributed by atoms with Crippen molar-refractivity contribution < 1.29 is 19.1 Å². The standard InChI is InChI=1S/C25H21Cl2NO4/c26-15-3-1-14(2-4-15)22-10-28-23(32-22)25-11-24(12-25,13-25)9-19(30)21-8-18(29)17-7-16(27)5-6-20(17)31-21/h1-7,10,18,21,29H,8-9,11-13H2/t18-,21+,24?,25?/m1/s1. The summed E-state index contributed by atoms with van der Waals surface area (Å²) >= 11 is 12.0. The number of halogens is 2. The molecule has 1 aromatic heterocycles. The van der Waals surface area contributed by atoms with Gasteiger partial charge < -0.3 is 14.3 Å². The van der Waals surface area contributed by atoms with Gasteiger partial charge in [0, 0.05) is 39.4 Å². The van der Waals surface area contributed by atoms with Gasteiger partial charge in [-0.25, -0.2) is 4.98 Å². The van der Waals surface area contributed by atoms with E-state index in [-0.39, 0.29) is 23.0 Å². The van der Waals surface area contributed by atoms with E-state index in [2.05, 4.69) is 4.98 Å². The number of aromatic nitrogens is 1. The molecule has 164 valence electrons. The highest BCUT2D eigenvalue weighted by Gasteiger charge is 2.71. The number of benzene rings is 2. The summed E-state index contributed by atoms with van der Waals surface area (Å²) in [6, 6.07) is 12.6. The lowest BCUT2D eigenvalue weighted by Crippen LogP contribution is -2.65. The second kappa shape index (κ2) is 7.08. The van der Waals surface area contributed by atoms with Crippen LogP contribution in [0.4, 0.5) is 0 Å². The lowest BCUT2D eigenvalue weighted by atomic mass is 9.34. The number of rotatable bonds is 5. The molecule has 4 aliphatic rings. The number of aliphatic hydroxyl groups excluding tert-OH is 1. The van der Waals surface area contributed by atoms with Crippen LogP contribution in [0, 0.1) is 5.41 Å². The summed E-state index contributed by atoms with van der Waals surface area (Å²) in [5, 5.41) is 11.7. The second-order valence-electron chi connectivity index (χ2n) is 9.53. The Bertz CT molecular complexity index is 1200. The van der Waals surface area contributed by atoms with Crippen LogP contribution in [0.3, 0.4) is 0 Å². The Hall–Kier alpha value is -2.34. The van der Waals surface area contributed by atoms with E-state index in [4.69, 9.17) is 32.4 Å². The average Bonchev–Trinajstić information content (AvgIpc) is 3.20. The van der Waals surface area contributed by atoms with Crippen molar-refractivity contribution in [2.24, 2.45) is 5.41 Å². The summed E-state index contributed by atoms with van der Waals surface area (Å²) in [7, 11) is 0. The van der Waals surface area contributed by atoms with Crippen molar-refractivity contribution >= 4 is 29.0 Å². The van der Waals surface area contributed by atoms with Gasteiger partial charge in [0.05, 0.1) is 12.3 Å². The van der Waals surface area contributed by atoms with Crippen molar-refractivity contribution in [1.82, 2.24) is 4.98 Å². The third kappa shape index (κ3) is 3.18. The van der Waals surface area contributed by atoms with Gasteiger partial charge in [-0.15, -0.1) is 0 Å². The van der Waals surface area contributed by atoms with Crippen molar-refractivity contribution in [3.63, 3.8) is 0 Å².